The zero-order valence-electron chi connectivity index (χ0n) is 16.8. The van der Waals surface area contributed by atoms with Gasteiger partial charge < -0.3 is 0 Å². The maximum absolute atomic E-state index is 12.0. The van der Waals surface area contributed by atoms with Gasteiger partial charge in [0.25, 0.3) is 0 Å². The highest BCUT2D eigenvalue weighted by atomic mass is 32.2. The van der Waals surface area contributed by atoms with E-state index in [9.17, 15) is 4.21 Å². The van der Waals surface area contributed by atoms with Gasteiger partial charge in [-0.05, 0) is 38.0 Å². The zero-order chi connectivity index (χ0) is 18.9. The third-order valence-electron chi connectivity index (χ3n) is 4.58. The van der Waals surface area contributed by atoms with Gasteiger partial charge in [0, 0.05) is 6.21 Å². The molecule has 0 aromatic heterocycles. The number of allylic oxidation sites excluding steroid dienone is 2. The summed E-state index contributed by atoms with van der Waals surface area (Å²) in [5.74, 6) is 0. The van der Waals surface area contributed by atoms with Crippen molar-refractivity contribution in [3.05, 3.63) is 42.0 Å². The minimum Gasteiger partial charge on any atom is -0.229 e. The van der Waals surface area contributed by atoms with E-state index in [0.29, 0.717) is 0 Å². The van der Waals surface area contributed by atoms with Gasteiger partial charge in [-0.25, -0.2) is 4.21 Å². The molecule has 0 saturated heterocycles. The fraction of sp³-hybridized carbons (Fsp3) is 0.609. The molecule has 2 nitrogen and oxygen atoms in total. The van der Waals surface area contributed by atoms with E-state index in [-0.39, 0.29) is 0 Å². The van der Waals surface area contributed by atoms with E-state index in [1.54, 1.807) is 6.21 Å². The van der Waals surface area contributed by atoms with Crippen LogP contribution in [-0.4, -0.2) is 10.4 Å². The molecule has 0 fully saturated rings. The first-order valence-corrected chi connectivity index (χ1v) is 11.5. The van der Waals surface area contributed by atoms with Gasteiger partial charge >= 0.3 is 0 Å². The van der Waals surface area contributed by atoms with Crippen molar-refractivity contribution in [2.75, 3.05) is 0 Å². The van der Waals surface area contributed by atoms with E-state index >= 15 is 0 Å². The van der Waals surface area contributed by atoms with Gasteiger partial charge in [-0.3, -0.25) is 0 Å². The summed E-state index contributed by atoms with van der Waals surface area (Å²) in [6, 6.07) is 7.67. The number of rotatable bonds is 15. The van der Waals surface area contributed by atoms with Gasteiger partial charge in [-0.1, -0.05) is 94.9 Å². The normalized spacial score (nSPS) is 13.0. The van der Waals surface area contributed by atoms with Crippen LogP contribution in [0.2, 0.25) is 0 Å². The summed E-state index contributed by atoms with van der Waals surface area (Å²) in [6.45, 7) is 4.29. The molecule has 0 unspecified atom stereocenters. The van der Waals surface area contributed by atoms with Crippen LogP contribution >= 0.6 is 0 Å². The average Bonchev–Trinajstić information content (AvgIpc) is 2.65. The molecule has 0 radical (unpaired) electrons. The Balaban J connectivity index is 1.96. The number of unbranched alkanes of at least 4 members (excludes halogenated alkanes) is 11. The van der Waals surface area contributed by atoms with Crippen molar-refractivity contribution in [2.24, 2.45) is 4.40 Å². The highest BCUT2D eigenvalue weighted by Crippen LogP contribution is 2.12. The first kappa shape index (κ1) is 22.8. The van der Waals surface area contributed by atoms with Crippen molar-refractivity contribution in [2.45, 2.75) is 95.8 Å². The first-order chi connectivity index (χ1) is 12.7. The Morgan fingerprint density at radius 2 is 1.38 bits per heavy atom. The van der Waals surface area contributed by atoms with E-state index in [1.165, 1.54) is 76.2 Å². The highest BCUT2D eigenvalue weighted by molar-refractivity contribution is 7.83. The third kappa shape index (κ3) is 12.2. The molecule has 0 bridgehead atoms. The Morgan fingerprint density at radius 3 is 1.96 bits per heavy atom. The molecule has 1 rings (SSSR count). The van der Waals surface area contributed by atoms with Gasteiger partial charge in [0.1, 0.15) is 0 Å². The number of hydrogen-bond donors (Lipinski definition) is 0. The van der Waals surface area contributed by atoms with Crippen LogP contribution in [0.15, 0.2) is 45.7 Å². The molecule has 0 aliphatic heterocycles. The zero-order valence-corrected chi connectivity index (χ0v) is 17.6. The van der Waals surface area contributed by atoms with E-state index in [0.717, 1.165) is 11.3 Å². The molecule has 0 aliphatic carbocycles. The molecular formula is C23H37NOS. The monoisotopic (exact) mass is 375 g/mol. The van der Waals surface area contributed by atoms with Crippen molar-refractivity contribution in [1.29, 1.82) is 0 Å². The molecule has 26 heavy (non-hydrogen) atoms. The van der Waals surface area contributed by atoms with Crippen molar-refractivity contribution in [1.82, 2.24) is 0 Å². The Labute approximate surface area is 163 Å². The molecule has 0 spiro atoms. The van der Waals surface area contributed by atoms with Crippen LogP contribution in [-0.2, 0) is 11.0 Å². The minimum atomic E-state index is -1.29. The standard InChI is InChI=1S/C23H37NOS/c1-3-4-5-6-7-8-9-10-11-12-13-14-15-16-21-24-26(25)23-19-17-22(2)18-20-23/h15-21H,3-14H2,1-2H3/b16-15+,24-21+/t26-/m1/s1. The third-order valence-corrected chi connectivity index (χ3v) is 5.56. The molecule has 146 valence electrons. The van der Waals surface area contributed by atoms with Gasteiger partial charge in [0.2, 0.25) is 0 Å². The smallest absolute Gasteiger partial charge is 0.172 e. The SMILES string of the molecule is CCCCCCCCCCCCC/C=C/C=N/[S@](=O)c1ccc(C)cc1. The maximum Gasteiger partial charge on any atom is 0.172 e. The molecule has 0 saturated carbocycles. The summed E-state index contributed by atoms with van der Waals surface area (Å²) >= 11 is 0. The Hall–Kier alpha value is -1.22. The summed E-state index contributed by atoms with van der Waals surface area (Å²) in [6.07, 6.45) is 21.9. The van der Waals surface area contributed by atoms with Crippen LogP contribution in [0.5, 0.6) is 0 Å². The molecule has 0 heterocycles. The van der Waals surface area contributed by atoms with Crippen LogP contribution in [0, 0.1) is 6.92 Å². The van der Waals surface area contributed by atoms with Crippen LogP contribution < -0.4 is 0 Å². The molecule has 0 amide bonds. The van der Waals surface area contributed by atoms with Crippen molar-refractivity contribution < 1.29 is 4.21 Å². The number of hydrogen-bond acceptors (Lipinski definition) is 1. The van der Waals surface area contributed by atoms with E-state index in [1.807, 2.05) is 37.3 Å². The molecule has 3 heteroatoms. The number of nitrogens with zero attached hydrogens (tertiary/aromatic N) is 1. The van der Waals surface area contributed by atoms with E-state index in [4.69, 9.17) is 0 Å². The second-order valence-corrected chi connectivity index (χ2v) is 8.25. The number of benzene rings is 1. The van der Waals surface area contributed by atoms with Crippen molar-refractivity contribution in [3.63, 3.8) is 0 Å². The second kappa shape index (κ2) is 16.0. The Bertz CT molecular complexity index is 534. The predicted octanol–water partition coefficient (Wildman–Crippen LogP) is 7.35. The fourth-order valence-electron chi connectivity index (χ4n) is 2.89. The molecule has 1 atom stereocenters. The molecule has 1 aromatic carbocycles. The topological polar surface area (TPSA) is 29.4 Å². The quantitative estimate of drug-likeness (QED) is 0.233. The fourth-order valence-corrected chi connectivity index (χ4v) is 3.56. The maximum atomic E-state index is 12.0. The summed E-state index contributed by atoms with van der Waals surface area (Å²) in [4.78, 5) is 0.755. The van der Waals surface area contributed by atoms with Gasteiger partial charge in [-0.2, -0.15) is 4.40 Å². The van der Waals surface area contributed by atoms with Crippen LogP contribution in [0.3, 0.4) is 0 Å². The summed E-state index contributed by atoms with van der Waals surface area (Å²) in [5.41, 5.74) is 1.17. The predicted molar refractivity (Wildman–Crippen MR) is 116 cm³/mol. The average molecular weight is 376 g/mol. The summed E-state index contributed by atoms with van der Waals surface area (Å²) < 4.78 is 16.0. The second-order valence-electron chi connectivity index (χ2n) is 7.07. The molecule has 0 aliphatic rings. The lowest BCUT2D eigenvalue weighted by molar-refractivity contribution is 0.550. The van der Waals surface area contributed by atoms with E-state index in [2.05, 4.69) is 17.4 Å². The van der Waals surface area contributed by atoms with Crippen molar-refractivity contribution >= 4 is 17.2 Å². The first-order valence-electron chi connectivity index (χ1n) is 10.4. The van der Waals surface area contributed by atoms with Crippen molar-refractivity contribution in [3.8, 4) is 0 Å². The van der Waals surface area contributed by atoms with Crippen LogP contribution in [0.4, 0.5) is 0 Å². The van der Waals surface area contributed by atoms with Crippen LogP contribution in [0.1, 0.15) is 89.5 Å². The molecule has 1 aromatic rings. The lowest BCUT2D eigenvalue weighted by Gasteiger charge is -2.01. The van der Waals surface area contributed by atoms with E-state index < -0.39 is 11.0 Å². The molecular weight excluding hydrogens is 338 g/mol. The lowest BCUT2D eigenvalue weighted by Crippen LogP contribution is -1.87. The Morgan fingerprint density at radius 1 is 0.846 bits per heavy atom. The van der Waals surface area contributed by atoms with Gasteiger partial charge in [-0.15, -0.1) is 0 Å². The van der Waals surface area contributed by atoms with Gasteiger partial charge in [0.05, 0.1) is 4.90 Å². The summed E-state index contributed by atoms with van der Waals surface area (Å²) in [7, 11) is -1.29. The lowest BCUT2D eigenvalue weighted by atomic mass is 10.1. The Kier molecular flexibility index (Phi) is 14.0. The van der Waals surface area contributed by atoms with Crippen LogP contribution in [0.25, 0.3) is 0 Å². The summed E-state index contributed by atoms with van der Waals surface area (Å²) in [5, 5.41) is 0. The largest absolute Gasteiger partial charge is 0.229 e. The number of aryl methyl sites for hydroxylation is 1. The minimum absolute atomic E-state index is 0.755. The highest BCUT2D eigenvalue weighted by Gasteiger charge is 1.98. The van der Waals surface area contributed by atoms with Gasteiger partial charge in [0.15, 0.2) is 11.0 Å². The molecule has 0 N–H and O–H groups in total.